The minimum Gasteiger partial charge on any atom is -0.384 e. The number of aromatic amines is 1. The van der Waals surface area contributed by atoms with Gasteiger partial charge in [-0.2, -0.15) is 0 Å². The Morgan fingerprint density at radius 1 is 1.19 bits per heavy atom. The highest BCUT2D eigenvalue weighted by Gasteiger charge is 2.22. The molecule has 0 saturated carbocycles. The minimum atomic E-state index is 0.507. The molecule has 2 heterocycles. The highest BCUT2D eigenvalue weighted by atomic mass is 14.9. The first-order chi connectivity index (χ1) is 10.3. The zero-order chi connectivity index (χ0) is 14.2. The first-order valence-electron chi connectivity index (χ1n) is 7.64. The van der Waals surface area contributed by atoms with Crippen molar-refractivity contribution in [2.45, 2.75) is 25.7 Å². The van der Waals surface area contributed by atoms with Gasteiger partial charge in [-0.25, -0.2) is 4.98 Å². The van der Waals surface area contributed by atoms with E-state index in [4.69, 9.17) is 4.98 Å². The molecular formula is C18H19N3. The average molecular weight is 277 g/mol. The lowest BCUT2D eigenvalue weighted by Crippen LogP contribution is -2.06. The van der Waals surface area contributed by atoms with Crippen LogP contribution in [-0.4, -0.2) is 16.5 Å². The van der Waals surface area contributed by atoms with Crippen LogP contribution >= 0.6 is 0 Å². The van der Waals surface area contributed by atoms with Gasteiger partial charge in [0.15, 0.2) is 0 Å². The highest BCUT2D eigenvalue weighted by Crippen LogP contribution is 2.33. The second kappa shape index (κ2) is 4.92. The van der Waals surface area contributed by atoms with Gasteiger partial charge in [0.05, 0.1) is 11.0 Å². The van der Waals surface area contributed by atoms with Crippen molar-refractivity contribution >= 4 is 16.7 Å². The van der Waals surface area contributed by atoms with Crippen LogP contribution in [0.1, 0.15) is 29.8 Å². The number of rotatable bonds is 3. The van der Waals surface area contributed by atoms with E-state index in [0.717, 1.165) is 36.2 Å². The summed E-state index contributed by atoms with van der Waals surface area (Å²) in [5.74, 6) is 1.59. The van der Waals surface area contributed by atoms with Crippen molar-refractivity contribution in [2.75, 3.05) is 11.9 Å². The van der Waals surface area contributed by atoms with Crippen LogP contribution in [0.4, 0.5) is 5.69 Å². The quantitative estimate of drug-likeness (QED) is 0.763. The lowest BCUT2D eigenvalue weighted by Gasteiger charge is -2.07. The van der Waals surface area contributed by atoms with E-state index in [0.29, 0.717) is 5.92 Å². The summed E-state index contributed by atoms with van der Waals surface area (Å²) in [6.45, 7) is 3.18. The van der Waals surface area contributed by atoms with Crippen molar-refractivity contribution in [1.29, 1.82) is 0 Å². The van der Waals surface area contributed by atoms with Crippen LogP contribution in [0.3, 0.4) is 0 Å². The van der Waals surface area contributed by atoms with Crippen LogP contribution in [0, 0.1) is 0 Å². The lowest BCUT2D eigenvalue weighted by molar-refractivity contribution is 0.723. The maximum absolute atomic E-state index is 4.74. The third-order valence-electron chi connectivity index (χ3n) is 4.38. The number of benzene rings is 2. The second-order valence-electron chi connectivity index (χ2n) is 5.76. The normalized spacial score (nSPS) is 16.9. The molecule has 106 valence electrons. The molecule has 2 aromatic carbocycles. The molecule has 1 aromatic heterocycles. The van der Waals surface area contributed by atoms with Gasteiger partial charge in [-0.15, -0.1) is 0 Å². The fourth-order valence-corrected chi connectivity index (χ4v) is 3.20. The number of imidazole rings is 1. The molecule has 3 nitrogen and oxygen atoms in total. The van der Waals surface area contributed by atoms with Gasteiger partial charge in [0.2, 0.25) is 0 Å². The fraction of sp³-hybridized carbons (Fsp3) is 0.278. The molecular weight excluding hydrogens is 258 g/mol. The van der Waals surface area contributed by atoms with Gasteiger partial charge < -0.3 is 10.3 Å². The standard InChI is InChI=1S/C18H19N3/c1-2-12-7-8-16-17(9-12)21-18(20-16)10-13-11-19-15-6-4-3-5-14(13)15/h3-9,13,19H,2,10-11H2,1H3,(H,20,21). The highest BCUT2D eigenvalue weighted by molar-refractivity contribution is 5.76. The van der Waals surface area contributed by atoms with Crippen molar-refractivity contribution in [3.8, 4) is 0 Å². The van der Waals surface area contributed by atoms with Gasteiger partial charge in [0.1, 0.15) is 5.82 Å². The van der Waals surface area contributed by atoms with E-state index in [1.807, 2.05) is 0 Å². The minimum absolute atomic E-state index is 0.507. The van der Waals surface area contributed by atoms with Crippen LogP contribution in [0.2, 0.25) is 0 Å². The average Bonchev–Trinajstić information content (AvgIpc) is 3.10. The Balaban J connectivity index is 1.63. The Hall–Kier alpha value is -2.29. The van der Waals surface area contributed by atoms with Gasteiger partial charge in [-0.1, -0.05) is 31.2 Å². The molecule has 1 atom stereocenters. The Morgan fingerprint density at radius 3 is 3.00 bits per heavy atom. The summed E-state index contributed by atoms with van der Waals surface area (Å²) in [6, 6.07) is 15.1. The summed E-state index contributed by atoms with van der Waals surface area (Å²) in [4.78, 5) is 8.23. The van der Waals surface area contributed by atoms with Crippen LogP contribution in [-0.2, 0) is 12.8 Å². The molecule has 0 radical (unpaired) electrons. The van der Waals surface area contributed by atoms with Crippen molar-refractivity contribution in [1.82, 2.24) is 9.97 Å². The van der Waals surface area contributed by atoms with Crippen LogP contribution in [0.15, 0.2) is 42.5 Å². The molecule has 1 unspecified atom stereocenters. The van der Waals surface area contributed by atoms with E-state index < -0.39 is 0 Å². The second-order valence-corrected chi connectivity index (χ2v) is 5.76. The van der Waals surface area contributed by atoms with Crippen molar-refractivity contribution in [3.05, 3.63) is 59.4 Å². The monoisotopic (exact) mass is 277 g/mol. The molecule has 4 rings (SSSR count). The number of H-pyrrole nitrogens is 1. The van der Waals surface area contributed by atoms with Crippen molar-refractivity contribution in [3.63, 3.8) is 0 Å². The molecule has 0 bridgehead atoms. The van der Waals surface area contributed by atoms with E-state index in [2.05, 4.69) is 59.7 Å². The molecule has 1 aliphatic rings. The van der Waals surface area contributed by atoms with Gasteiger partial charge in [-0.05, 0) is 35.7 Å². The van der Waals surface area contributed by atoms with Crippen molar-refractivity contribution < 1.29 is 0 Å². The summed E-state index contributed by atoms with van der Waals surface area (Å²) < 4.78 is 0. The number of aromatic nitrogens is 2. The van der Waals surface area contributed by atoms with Crippen LogP contribution in [0.25, 0.3) is 11.0 Å². The Morgan fingerprint density at radius 2 is 2.10 bits per heavy atom. The third-order valence-corrected chi connectivity index (χ3v) is 4.38. The number of anilines is 1. The lowest BCUT2D eigenvalue weighted by atomic mass is 9.98. The first kappa shape index (κ1) is 12.5. The Bertz CT molecular complexity index is 788. The van der Waals surface area contributed by atoms with Crippen molar-refractivity contribution in [2.24, 2.45) is 0 Å². The van der Waals surface area contributed by atoms with Gasteiger partial charge in [-0.3, -0.25) is 0 Å². The van der Waals surface area contributed by atoms with Crippen LogP contribution in [0.5, 0.6) is 0 Å². The van der Waals surface area contributed by atoms with Gasteiger partial charge in [0.25, 0.3) is 0 Å². The summed E-state index contributed by atoms with van der Waals surface area (Å²) in [5, 5.41) is 3.48. The fourth-order valence-electron chi connectivity index (χ4n) is 3.20. The molecule has 0 aliphatic carbocycles. The number of hydrogen-bond acceptors (Lipinski definition) is 2. The zero-order valence-electron chi connectivity index (χ0n) is 12.2. The van der Waals surface area contributed by atoms with E-state index in [9.17, 15) is 0 Å². The smallest absolute Gasteiger partial charge is 0.107 e. The summed E-state index contributed by atoms with van der Waals surface area (Å²) in [7, 11) is 0. The molecule has 21 heavy (non-hydrogen) atoms. The van der Waals surface area contributed by atoms with E-state index >= 15 is 0 Å². The number of para-hydroxylation sites is 1. The molecule has 0 spiro atoms. The molecule has 2 N–H and O–H groups in total. The zero-order valence-corrected chi connectivity index (χ0v) is 12.2. The predicted molar refractivity (Wildman–Crippen MR) is 86.8 cm³/mol. The van der Waals surface area contributed by atoms with Gasteiger partial charge >= 0.3 is 0 Å². The summed E-state index contributed by atoms with van der Waals surface area (Å²) >= 11 is 0. The molecule has 1 aliphatic heterocycles. The number of aryl methyl sites for hydroxylation is 1. The molecule has 3 aromatic rings. The number of nitrogens with zero attached hydrogens (tertiary/aromatic N) is 1. The maximum Gasteiger partial charge on any atom is 0.107 e. The predicted octanol–water partition coefficient (Wildman–Crippen LogP) is 3.88. The van der Waals surface area contributed by atoms with E-state index in [-0.39, 0.29) is 0 Å². The molecule has 0 amide bonds. The first-order valence-corrected chi connectivity index (χ1v) is 7.64. The molecule has 3 heteroatoms. The molecule has 0 saturated heterocycles. The molecule has 0 fully saturated rings. The van der Waals surface area contributed by atoms with E-state index in [1.54, 1.807) is 0 Å². The van der Waals surface area contributed by atoms with Crippen LogP contribution < -0.4 is 5.32 Å². The summed E-state index contributed by atoms with van der Waals surface area (Å²) in [5.41, 5.74) is 6.26. The number of hydrogen-bond donors (Lipinski definition) is 2. The Kier molecular flexibility index (Phi) is 2.92. The largest absolute Gasteiger partial charge is 0.384 e. The third kappa shape index (κ3) is 2.19. The van der Waals surface area contributed by atoms with Gasteiger partial charge in [0, 0.05) is 24.6 Å². The van der Waals surface area contributed by atoms with E-state index in [1.165, 1.54) is 16.8 Å². The topological polar surface area (TPSA) is 40.7 Å². The summed E-state index contributed by atoms with van der Waals surface area (Å²) in [6.07, 6.45) is 2.02. The number of fused-ring (bicyclic) bond motifs is 2. The number of nitrogens with one attached hydrogen (secondary N) is 2. The SMILES string of the molecule is CCc1ccc2nc(CC3CNc4ccccc43)[nH]c2c1. The maximum atomic E-state index is 4.74. The Labute approximate surface area is 124 Å².